The largest absolute Gasteiger partial charge is 0.339 e. The molecule has 0 aromatic rings. The number of nitrogens with zero attached hydrogens (tertiary/aromatic N) is 2. The van der Waals surface area contributed by atoms with Gasteiger partial charge in [-0.15, -0.1) is 0 Å². The number of carbonyl (C=O) groups is 1. The van der Waals surface area contributed by atoms with Gasteiger partial charge in [0.15, 0.2) is 0 Å². The van der Waals surface area contributed by atoms with Crippen molar-refractivity contribution in [1.29, 1.82) is 0 Å². The minimum Gasteiger partial charge on any atom is -0.339 e. The Morgan fingerprint density at radius 3 is 2.60 bits per heavy atom. The first-order chi connectivity index (χ1) is 9.74. The molecule has 0 aromatic carbocycles. The van der Waals surface area contributed by atoms with Crippen LogP contribution < -0.4 is 5.32 Å². The van der Waals surface area contributed by atoms with Crippen LogP contribution in [-0.2, 0) is 4.79 Å². The molecular weight excluding hydrogens is 250 g/mol. The number of hydrogen-bond donors (Lipinski definition) is 1. The normalized spacial score (nSPS) is 22.4. The van der Waals surface area contributed by atoms with E-state index in [1.165, 1.54) is 38.5 Å². The van der Waals surface area contributed by atoms with Crippen LogP contribution in [0.4, 0.5) is 0 Å². The van der Waals surface area contributed by atoms with Gasteiger partial charge in [0.25, 0.3) is 0 Å². The molecule has 1 aliphatic heterocycles. The molecule has 1 N–H and O–H groups in total. The summed E-state index contributed by atoms with van der Waals surface area (Å²) < 4.78 is 0. The van der Waals surface area contributed by atoms with E-state index < -0.39 is 0 Å². The Bertz CT molecular complexity index is 298. The van der Waals surface area contributed by atoms with Gasteiger partial charge in [0, 0.05) is 25.2 Å². The van der Waals surface area contributed by atoms with Gasteiger partial charge in [-0.3, -0.25) is 9.69 Å². The second kappa shape index (κ2) is 7.99. The van der Waals surface area contributed by atoms with E-state index in [1.54, 1.807) is 0 Å². The summed E-state index contributed by atoms with van der Waals surface area (Å²) in [7, 11) is 0. The summed E-state index contributed by atoms with van der Waals surface area (Å²) in [6.45, 7) is 9.04. The summed E-state index contributed by atoms with van der Waals surface area (Å²) in [4.78, 5) is 16.9. The van der Waals surface area contributed by atoms with Crippen LogP contribution in [0.5, 0.6) is 0 Å². The molecule has 1 heterocycles. The average Bonchev–Trinajstić information content (AvgIpc) is 3.13. The number of nitrogens with one attached hydrogen (secondary N) is 1. The molecule has 1 atom stereocenters. The lowest BCUT2D eigenvalue weighted by Crippen LogP contribution is -2.45. The summed E-state index contributed by atoms with van der Waals surface area (Å²) in [5.74, 6) is 0.337. The first-order valence-corrected chi connectivity index (χ1v) is 8.49. The third kappa shape index (κ3) is 4.74. The van der Waals surface area contributed by atoms with E-state index in [0.717, 1.165) is 26.2 Å². The zero-order valence-corrected chi connectivity index (χ0v) is 13.2. The predicted molar refractivity (Wildman–Crippen MR) is 82.8 cm³/mol. The highest BCUT2D eigenvalue weighted by Crippen LogP contribution is 2.26. The third-order valence-electron chi connectivity index (χ3n) is 4.48. The Morgan fingerprint density at radius 1 is 1.25 bits per heavy atom. The van der Waals surface area contributed by atoms with Gasteiger partial charge >= 0.3 is 0 Å². The van der Waals surface area contributed by atoms with Gasteiger partial charge in [-0.05, 0) is 52.1 Å². The molecule has 1 amide bonds. The molecule has 4 heteroatoms. The van der Waals surface area contributed by atoms with Crippen LogP contribution >= 0.6 is 0 Å². The van der Waals surface area contributed by atoms with Crippen LogP contribution in [0, 0.1) is 0 Å². The van der Waals surface area contributed by atoms with Gasteiger partial charge in [-0.2, -0.15) is 0 Å². The third-order valence-corrected chi connectivity index (χ3v) is 4.48. The van der Waals surface area contributed by atoms with E-state index in [2.05, 4.69) is 29.0 Å². The fraction of sp³-hybridized carbons (Fsp3) is 0.938. The van der Waals surface area contributed by atoms with Crippen molar-refractivity contribution >= 4 is 5.91 Å². The molecule has 0 radical (unpaired) electrons. The molecule has 1 unspecified atom stereocenters. The number of likely N-dealkylation sites (N-methyl/N-ethyl adjacent to an activating group) is 1. The Labute approximate surface area is 123 Å². The summed E-state index contributed by atoms with van der Waals surface area (Å²) >= 11 is 0. The van der Waals surface area contributed by atoms with Crippen molar-refractivity contribution in [3.8, 4) is 0 Å². The second-order valence-electron chi connectivity index (χ2n) is 6.29. The first-order valence-electron chi connectivity index (χ1n) is 8.49. The maximum atomic E-state index is 12.5. The SMILES string of the molecule is CCCCN(CC(=O)N(CC)C1CC1)CC1CCCN1. The Morgan fingerprint density at radius 2 is 2.05 bits per heavy atom. The van der Waals surface area contributed by atoms with Crippen LogP contribution in [0.3, 0.4) is 0 Å². The van der Waals surface area contributed by atoms with Crippen LogP contribution in [-0.4, -0.2) is 60.5 Å². The topological polar surface area (TPSA) is 35.6 Å². The van der Waals surface area contributed by atoms with Crippen molar-refractivity contribution in [2.75, 3.05) is 32.7 Å². The molecule has 20 heavy (non-hydrogen) atoms. The highest BCUT2D eigenvalue weighted by atomic mass is 16.2. The summed E-state index contributed by atoms with van der Waals surface area (Å²) in [6.07, 6.45) is 7.34. The summed E-state index contributed by atoms with van der Waals surface area (Å²) in [6, 6.07) is 1.14. The van der Waals surface area contributed by atoms with E-state index >= 15 is 0 Å². The fourth-order valence-corrected chi connectivity index (χ4v) is 3.15. The molecule has 0 bridgehead atoms. The Balaban J connectivity index is 1.82. The zero-order chi connectivity index (χ0) is 14.4. The number of rotatable bonds is 9. The summed E-state index contributed by atoms with van der Waals surface area (Å²) in [5.41, 5.74) is 0. The van der Waals surface area contributed by atoms with Crippen molar-refractivity contribution in [1.82, 2.24) is 15.1 Å². The van der Waals surface area contributed by atoms with Crippen molar-refractivity contribution in [3.63, 3.8) is 0 Å². The standard InChI is InChI=1S/C16H31N3O/c1-3-5-11-18(12-14-7-6-10-17-14)13-16(20)19(4-2)15-8-9-15/h14-15,17H,3-13H2,1-2H3. The molecule has 1 saturated carbocycles. The lowest BCUT2D eigenvalue weighted by molar-refractivity contribution is -0.132. The molecule has 1 saturated heterocycles. The van der Waals surface area contributed by atoms with E-state index in [-0.39, 0.29) is 0 Å². The molecular formula is C16H31N3O. The molecule has 116 valence electrons. The number of unbranched alkanes of at least 4 members (excludes halogenated alkanes) is 1. The smallest absolute Gasteiger partial charge is 0.236 e. The van der Waals surface area contributed by atoms with E-state index in [9.17, 15) is 4.79 Å². The monoisotopic (exact) mass is 281 g/mol. The van der Waals surface area contributed by atoms with Crippen LogP contribution in [0.1, 0.15) is 52.4 Å². The van der Waals surface area contributed by atoms with E-state index in [0.29, 0.717) is 24.5 Å². The Hall–Kier alpha value is -0.610. The molecule has 0 aromatic heterocycles. The van der Waals surface area contributed by atoms with Gasteiger partial charge < -0.3 is 10.2 Å². The number of amides is 1. The maximum absolute atomic E-state index is 12.5. The molecule has 2 rings (SSSR count). The lowest BCUT2D eigenvalue weighted by Gasteiger charge is -2.28. The number of carbonyl (C=O) groups excluding carboxylic acids is 1. The van der Waals surface area contributed by atoms with Gasteiger partial charge in [0.1, 0.15) is 0 Å². The number of hydrogen-bond acceptors (Lipinski definition) is 3. The fourth-order valence-electron chi connectivity index (χ4n) is 3.15. The maximum Gasteiger partial charge on any atom is 0.236 e. The predicted octanol–water partition coefficient (Wildman–Crippen LogP) is 1.85. The van der Waals surface area contributed by atoms with Gasteiger partial charge in [-0.1, -0.05) is 13.3 Å². The Kier molecular flexibility index (Phi) is 6.30. The summed E-state index contributed by atoms with van der Waals surface area (Å²) in [5, 5.41) is 3.55. The van der Waals surface area contributed by atoms with E-state index in [4.69, 9.17) is 0 Å². The molecule has 4 nitrogen and oxygen atoms in total. The van der Waals surface area contributed by atoms with Crippen molar-refractivity contribution in [2.24, 2.45) is 0 Å². The quantitative estimate of drug-likeness (QED) is 0.700. The van der Waals surface area contributed by atoms with Crippen LogP contribution in [0.2, 0.25) is 0 Å². The van der Waals surface area contributed by atoms with Crippen molar-refractivity contribution in [2.45, 2.75) is 64.5 Å². The lowest BCUT2D eigenvalue weighted by atomic mass is 10.2. The molecule has 0 spiro atoms. The van der Waals surface area contributed by atoms with Gasteiger partial charge in [-0.25, -0.2) is 0 Å². The minimum atomic E-state index is 0.337. The van der Waals surface area contributed by atoms with Crippen LogP contribution in [0.25, 0.3) is 0 Å². The highest BCUT2D eigenvalue weighted by molar-refractivity contribution is 5.78. The second-order valence-corrected chi connectivity index (χ2v) is 6.29. The minimum absolute atomic E-state index is 0.337. The van der Waals surface area contributed by atoms with Gasteiger partial charge in [0.05, 0.1) is 6.54 Å². The molecule has 2 aliphatic rings. The van der Waals surface area contributed by atoms with Gasteiger partial charge in [0.2, 0.25) is 5.91 Å². The van der Waals surface area contributed by atoms with Crippen molar-refractivity contribution < 1.29 is 4.79 Å². The molecule has 1 aliphatic carbocycles. The zero-order valence-electron chi connectivity index (χ0n) is 13.2. The van der Waals surface area contributed by atoms with Crippen LogP contribution in [0.15, 0.2) is 0 Å². The average molecular weight is 281 g/mol. The first kappa shape index (κ1) is 15.8. The molecule has 2 fully saturated rings. The van der Waals surface area contributed by atoms with E-state index in [1.807, 2.05) is 0 Å². The van der Waals surface area contributed by atoms with Crippen molar-refractivity contribution in [3.05, 3.63) is 0 Å². The highest BCUT2D eigenvalue weighted by Gasteiger charge is 2.32.